The highest BCUT2D eigenvalue weighted by Gasteiger charge is 2.22. The number of carbonyl (C=O) groups is 1. The highest BCUT2D eigenvalue weighted by molar-refractivity contribution is 9.10. The zero-order chi connectivity index (χ0) is 16.9. The molecule has 0 aliphatic carbocycles. The first-order valence-electron chi connectivity index (χ1n) is 6.74. The number of halogens is 2. The van der Waals surface area contributed by atoms with E-state index < -0.39 is 23.9 Å². The van der Waals surface area contributed by atoms with Crippen LogP contribution in [0.15, 0.2) is 16.7 Å². The summed E-state index contributed by atoms with van der Waals surface area (Å²) in [7, 11) is 0. The van der Waals surface area contributed by atoms with Gasteiger partial charge in [-0.25, -0.2) is 9.78 Å². The highest BCUT2D eigenvalue weighted by Crippen LogP contribution is 2.28. The first-order valence-corrected chi connectivity index (χ1v) is 7.91. The average Bonchev–Trinajstić information content (AvgIpc) is 2.38. The lowest BCUT2D eigenvalue weighted by Gasteiger charge is -2.21. The predicted molar refractivity (Wildman–Crippen MR) is 86.8 cm³/mol. The van der Waals surface area contributed by atoms with Gasteiger partial charge in [0.25, 0.3) is 0 Å². The van der Waals surface area contributed by atoms with Crippen molar-refractivity contribution in [2.45, 2.75) is 45.0 Å². The molecule has 0 saturated heterocycles. The van der Waals surface area contributed by atoms with Crippen LogP contribution in [0.2, 0.25) is 5.15 Å². The summed E-state index contributed by atoms with van der Waals surface area (Å²) in [6.07, 6.45) is -1.17. The monoisotopic (exact) mass is 394 g/mol. The molecule has 6 nitrogen and oxygen atoms in total. The topological polar surface area (TPSA) is 91.7 Å². The Labute approximate surface area is 143 Å². The number of aliphatic hydroxyl groups excluding tert-OH is 2. The number of alkyl carbamates (subject to hydrolysis) is 1. The van der Waals surface area contributed by atoms with Crippen molar-refractivity contribution in [3.8, 4) is 0 Å². The Kier molecular flexibility index (Phi) is 7.05. The lowest BCUT2D eigenvalue weighted by atomic mass is 10.0. The van der Waals surface area contributed by atoms with Crippen LogP contribution in [0.4, 0.5) is 4.79 Å². The Hall–Kier alpha value is -0.890. The summed E-state index contributed by atoms with van der Waals surface area (Å²) >= 11 is 9.02. The molecule has 2 unspecified atom stereocenters. The molecular formula is C14H20BrClN2O4. The summed E-state index contributed by atoms with van der Waals surface area (Å²) in [5, 5.41) is 22.9. The molecule has 2 atom stereocenters. The van der Waals surface area contributed by atoms with Crippen LogP contribution in [0.25, 0.3) is 0 Å². The minimum Gasteiger partial charge on any atom is -0.444 e. The normalized spacial score (nSPS) is 14.3. The van der Waals surface area contributed by atoms with E-state index in [2.05, 4.69) is 26.2 Å². The van der Waals surface area contributed by atoms with Crippen molar-refractivity contribution in [1.82, 2.24) is 10.3 Å². The van der Waals surface area contributed by atoms with E-state index in [1.54, 1.807) is 20.8 Å². The summed E-state index contributed by atoms with van der Waals surface area (Å²) < 4.78 is 5.62. The molecule has 0 bridgehead atoms. The maximum Gasteiger partial charge on any atom is 0.407 e. The second-order valence-corrected chi connectivity index (χ2v) is 7.00. The van der Waals surface area contributed by atoms with Gasteiger partial charge in [0.1, 0.15) is 16.9 Å². The molecule has 22 heavy (non-hydrogen) atoms. The first-order chi connectivity index (χ1) is 10.1. The molecule has 0 aliphatic rings. The molecule has 0 spiro atoms. The van der Waals surface area contributed by atoms with Crippen molar-refractivity contribution in [2.75, 3.05) is 6.54 Å². The Morgan fingerprint density at radius 1 is 1.50 bits per heavy atom. The largest absolute Gasteiger partial charge is 0.444 e. The Morgan fingerprint density at radius 2 is 2.14 bits per heavy atom. The number of hydrogen-bond acceptors (Lipinski definition) is 5. The number of nitrogens with one attached hydrogen (secondary N) is 1. The molecule has 1 amide bonds. The van der Waals surface area contributed by atoms with Crippen LogP contribution in [0.3, 0.4) is 0 Å². The molecule has 0 saturated carbocycles. The highest BCUT2D eigenvalue weighted by atomic mass is 79.9. The predicted octanol–water partition coefficient (Wildman–Crippen LogP) is 2.81. The maximum absolute atomic E-state index is 11.5. The number of hydrogen-bond donors (Lipinski definition) is 3. The number of rotatable bonds is 5. The van der Waals surface area contributed by atoms with Crippen LogP contribution in [0, 0.1) is 0 Å². The maximum atomic E-state index is 11.5. The Balaban J connectivity index is 2.50. The third-order valence-corrected chi connectivity index (χ3v) is 3.51. The molecule has 1 rings (SSSR count). The van der Waals surface area contributed by atoms with Crippen molar-refractivity contribution in [2.24, 2.45) is 0 Å². The molecule has 0 aliphatic heterocycles. The lowest BCUT2D eigenvalue weighted by Crippen LogP contribution is -2.34. The summed E-state index contributed by atoms with van der Waals surface area (Å²) in [5.74, 6) is 0. The van der Waals surface area contributed by atoms with E-state index in [9.17, 15) is 15.0 Å². The molecule has 0 radical (unpaired) electrons. The quantitative estimate of drug-likeness (QED) is 0.667. The van der Waals surface area contributed by atoms with Crippen LogP contribution in [0.1, 0.15) is 38.9 Å². The van der Waals surface area contributed by atoms with E-state index >= 15 is 0 Å². The number of nitrogens with zero attached hydrogens (tertiary/aromatic N) is 1. The summed E-state index contributed by atoms with van der Waals surface area (Å²) in [6, 6.07) is 1.47. The molecule has 3 N–H and O–H groups in total. The van der Waals surface area contributed by atoms with E-state index in [1.807, 2.05) is 0 Å². The smallest absolute Gasteiger partial charge is 0.407 e. The number of pyridine rings is 1. The first kappa shape index (κ1) is 19.2. The van der Waals surface area contributed by atoms with E-state index in [0.29, 0.717) is 10.0 Å². The van der Waals surface area contributed by atoms with Gasteiger partial charge in [-0.3, -0.25) is 0 Å². The van der Waals surface area contributed by atoms with Gasteiger partial charge in [0.15, 0.2) is 0 Å². The van der Waals surface area contributed by atoms with Gasteiger partial charge in [-0.2, -0.15) is 0 Å². The second-order valence-electron chi connectivity index (χ2n) is 5.76. The van der Waals surface area contributed by atoms with Gasteiger partial charge in [0, 0.05) is 22.8 Å². The third-order valence-electron chi connectivity index (χ3n) is 2.64. The molecule has 8 heteroatoms. The van der Waals surface area contributed by atoms with Crippen LogP contribution >= 0.6 is 27.5 Å². The minimum atomic E-state index is -1.14. The van der Waals surface area contributed by atoms with Gasteiger partial charge in [0.2, 0.25) is 0 Å². The Morgan fingerprint density at radius 3 is 2.73 bits per heavy atom. The zero-order valence-corrected chi connectivity index (χ0v) is 15.0. The molecule has 124 valence electrons. The lowest BCUT2D eigenvalue weighted by molar-refractivity contribution is 0.0119. The van der Waals surface area contributed by atoms with Crippen molar-refractivity contribution < 1.29 is 19.7 Å². The fraction of sp³-hybridized carbons (Fsp3) is 0.571. The molecular weight excluding hydrogens is 376 g/mol. The summed E-state index contributed by atoms with van der Waals surface area (Å²) in [4.78, 5) is 15.3. The van der Waals surface area contributed by atoms with Gasteiger partial charge < -0.3 is 20.3 Å². The Bertz CT molecular complexity index is 522. The summed E-state index contributed by atoms with van der Waals surface area (Å²) in [5.41, 5.74) is -0.148. The SMILES string of the molecule is CC(C)(C)OC(=O)NCCC(O)C(O)c1cc(Cl)ncc1Br. The van der Waals surface area contributed by atoms with E-state index in [4.69, 9.17) is 16.3 Å². The van der Waals surface area contributed by atoms with Gasteiger partial charge in [-0.05, 0) is 49.2 Å². The van der Waals surface area contributed by atoms with Crippen LogP contribution in [-0.2, 0) is 4.74 Å². The van der Waals surface area contributed by atoms with Gasteiger partial charge in [-0.15, -0.1) is 0 Å². The number of aromatic nitrogens is 1. The zero-order valence-electron chi connectivity index (χ0n) is 12.6. The fourth-order valence-electron chi connectivity index (χ4n) is 1.66. The number of ether oxygens (including phenoxy) is 1. The van der Waals surface area contributed by atoms with Crippen LogP contribution in [0.5, 0.6) is 0 Å². The average molecular weight is 396 g/mol. The van der Waals surface area contributed by atoms with Crippen molar-refractivity contribution in [3.05, 3.63) is 27.5 Å². The van der Waals surface area contributed by atoms with Crippen molar-refractivity contribution in [3.63, 3.8) is 0 Å². The third kappa shape index (κ3) is 6.48. The molecule has 1 heterocycles. The second kappa shape index (κ2) is 8.10. The molecule has 1 aromatic rings. The number of carbonyl (C=O) groups excluding carboxylic acids is 1. The molecule has 0 fully saturated rings. The molecule has 0 aromatic carbocycles. The number of aliphatic hydroxyl groups is 2. The molecule has 1 aromatic heterocycles. The minimum absolute atomic E-state index is 0.160. The fourth-order valence-corrected chi connectivity index (χ4v) is 2.27. The van der Waals surface area contributed by atoms with Gasteiger partial charge >= 0.3 is 6.09 Å². The number of amides is 1. The van der Waals surface area contributed by atoms with E-state index in [0.717, 1.165) is 0 Å². The summed E-state index contributed by atoms with van der Waals surface area (Å²) in [6.45, 7) is 5.45. The van der Waals surface area contributed by atoms with E-state index in [1.165, 1.54) is 12.3 Å². The standard InChI is InChI=1S/C14H20BrClN2O4/c1-14(2,3)22-13(21)17-5-4-10(19)12(20)8-6-11(16)18-7-9(8)15/h6-7,10,12,19-20H,4-5H2,1-3H3,(H,17,21). The van der Waals surface area contributed by atoms with Crippen LogP contribution in [-0.4, -0.2) is 39.5 Å². The van der Waals surface area contributed by atoms with Crippen LogP contribution < -0.4 is 5.32 Å². The van der Waals surface area contributed by atoms with Gasteiger partial charge in [-0.1, -0.05) is 11.6 Å². The van der Waals surface area contributed by atoms with Crippen molar-refractivity contribution >= 4 is 33.6 Å². The van der Waals surface area contributed by atoms with Gasteiger partial charge in [0.05, 0.1) is 6.10 Å². The van der Waals surface area contributed by atoms with Crippen molar-refractivity contribution in [1.29, 1.82) is 0 Å². The van der Waals surface area contributed by atoms with E-state index in [-0.39, 0.29) is 18.1 Å².